The smallest absolute Gasteiger partial charge is 0.407 e. The number of nitrogens with one attached hydrogen (secondary N) is 2. The molecule has 0 aromatic heterocycles. The maximum atomic E-state index is 11.9. The van der Waals surface area contributed by atoms with E-state index >= 15 is 0 Å². The Labute approximate surface area is 120 Å². The minimum Gasteiger partial charge on any atom is -0.444 e. The molecule has 0 spiro atoms. The standard InChI is InChI=1S/C14H27FN2O3/c1-5-11(17-13(19)20-14(2,3)4)7-8-12(18)16-10-6-9-15/h11H,5-10H2,1-4H3,(H,16,18)(H,17,19). The van der Waals surface area contributed by atoms with Gasteiger partial charge in [0.1, 0.15) is 5.60 Å². The van der Waals surface area contributed by atoms with Gasteiger partial charge in [-0.25, -0.2) is 4.79 Å². The fourth-order valence-corrected chi connectivity index (χ4v) is 1.54. The minimum atomic E-state index is -0.536. The predicted molar refractivity (Wildman–Crippen MR) is 76.3 cm³/mol. The number of rotatable bonds is 8. The van der Waals surface area contributed by atoms with Crippen molar-refractivity contribution < 1.29 is 18.7 Å². The van der Waals surface area contributed by atoms with Crippen LogP contribution in [0.25, 0.3) is 0 Å². The van der Waals surface area contributed by atoms with Crippen LogP contribution < -0.4 is 10.6 Å². The van der Waals surface area contributed by atoms with Crippen LogP contribution in [-0.4, -0.2) is 36.9 Å². The molecule has 118 valence electrons. The van der Waals surface area contributed by atoms with Crippen LogP contribution in [0.3, 0.4) is 0 Å². The molecular weight excluding hydrogens is 263 g/mol. The Morgan fingerprint density at radius 1 is 1.30 bits per heavy atom. The van der Waals surface area contributed by atoms with Crippen molar-refractivity contribution in [3.8, 4) is 0 Å². The third-order valence-corrected chi connectivity index (χ3v) is 2.57. The first kappa shape index (κ1) is 18.7. The Hall–Kier alpha value is -1.33. The summed E-state index contributed by atoms with van der Waals surface area (Å²) in [6.45, 7) is 7.25. The monoisotopic (exact) mass is 290 g/mol. The lowest BCUT2D eigenvalue weighted by Gasteiger charge is -2.23. The van der Waals surface area contributed by atoms with Crippen molar-refractivity contribution in [1.82, 2.24) is 10.6 Å². The van der Waals surface area contributed by atoms with Crippen LogP contribution in [0.5, 0.6) is 0 Å². The fourth-order valence-electron chi connectivity index (χ4n) is 1.54. The van der Waals surface area contributed by atoms with E-state index in [4.69, 9.17) is 4.74 Å². The summed E-state index contributed by atoms with van der Waals surface area (Å²) >= 11 is 0. The van der Waals surface area contributed by atoms with E-state index < -0.39 is 18.4 Å². The Morgan fingerprint density at radius 3 is 2.45 bits per heavy atom. The number of hydrogen-bond acceptors (Lipinski definition) is 3. The Bertz CT molecular complexity index is 303. The number of hydrogen-bond donors (Lipinski definition) is 2. The van der Waals surface area contributed by atoms with Crippen LogP contribution in [0.2, 0.25) is 0 Å². The zero-order valence-electron chi connectivity index (χ0n) is 12.9. The van der Waals surface area contributed by atoms with E-state index in [1.165, 1.54) is 0 Å². The number of alkyl carbamates (subject to hydrolysis) is 1. The Morgan fingerprint density at radius 2 is 1.95 bits per heavy atom. The molecule has 0 fully saturated rings. The van der Waals surface area contributed by atoms with Crippen LogP contribution in [0, 0.1) is 0 Å². The van der Waals surface area contributed by atoms with Crippen molar-refractivity contribution in [3.63, 3.8) is 0 Å². The molecular formula is C14H27FN2O3. The molecule has 0 aromatic rings. The van der Waals surface area contributed by atoms with Crippen LogP contribution in [0.15, 0.2) is 0 Å². The van der Waals surface area contributed by atoms with Crippen LogP contribution in [-0.2, 0) is 9.53 Å². The minimum absolute atomic E-state index is 0.100. The topological polar surface area (TPSA) is 67.4 Å². The van der Waals surface area contributed by atoms with E-state index in [0.29, 0.717) is 25.8 Å². The number of carbonyl (C=O) groups is 2. The molecule has 0 aliphatic carbocycles. The number of ether oxygens (including phenoxy) is 1. The van der Waals surface area contributed by atoms with Gasteiger partial charge < -0.3 is 15.4 Å². The summed E-state index contributed by atoms with van der Waals surface area (Å²) in [7, 11) is 0. The van der Waals surface area contributed by atoms with Crippen molar-refractivity contribution in [2.45, 2.75) is 65.0 Å². The summed E-state index contributed by atoms with van der Waals surface area (Å²) in [5, 5.41) is 5.38. The van der Waals surface area contributed by atoms with Gasteiger partial charge in [-0.3, -0.25) is 9.18 Å². The molecule has 0 aliphatic heterocycles. The van der Waals surface area contributed by atoms with Crippen LogP contribution in [0.1, 0.15) is 53.4 Å². The molecule has 1 unspecified atom stereocenters. The molecule has 1 atom stereocenters. The SMILES string of the molecule is CCC(CCC(=O)NCCCF)NC(=O)OC(C)(C)C. The molecule has 0 saturated heterocycles. The number of halogens is 1. The van der Waals surface area contributed by atoms with Gasteiger partial charge >= 0.3 is 6.09 Å². The van der Waals surface area contributed by atoms with Gasteiger partial charge in [0.2, 0.25) is 5.91 Å². The van der Waals surface area contributed by atoms with Crippen molar-refractivity contribution in [3.05, 3.63) is 0 Å². The predicted octanol–water partition coefficient (Wildman–Crippen LogP) is 2.55. The van der Waals surface area contributed by atoms with Gasteiger partial charge in [0.25, 0.3) is 0 Å². The van der Waals surface area contributed by atoms with Gasteiger partial charge in [-0.05, 0) is 40.0 Å². The van der Waals surface area contributed by atoms with Gasteiger partial charge in [-0.2, -0.15) is 0 Å². The lowest BCUT2D eigenvalue weighted by atomic mass is 10.1. The van der Waals surface area contributed by atoms with Crippen molar-refractivity contribution in [2.24, 2.45) is 0 Å². The maximum Gasteiger partial charge on any atom is 0.407 e. The van der Waals surface area contributed by atoms with Crippen molar-refractivity contribution >= 4 is 12.0 Å². The summed E-state index contributed by atoms with van der Waals surface area (Å²) in [4.78, 5) is 23.1. The van der Waals surface area contributed by atoms with Gasteiger partial charge in [0, 0.05) is 19.0 Å². The summed E-state index contributed by atoms with van der Waals surface area (Å²) in [5.74, 6) is -0.122. The first-order valence-electron chi connectivity index (χ1n) is 7.10. The third kappa shape index (κ3) is 10.6. The second-order valence-corrected chi connectivity index (χ2v) is 5.68. The highest BCUT2D eigenvalue weighted by atomic mass is 19.1. The average Bonchev–Trinajstić information content (AvgIpc) is 2.32. The van der Waals surface area contributed by atoms with E-state index in [-0.39, 0.29) is 11.9 Å². The molecule has 6 heteroatoms. The molecule has 0 rings (SSSR count). The van der Waals surface area contributed by atoms with E-state index in [2.05, 4.69) is 10.6 Å². The van der Waals surface area contributed by atoms with Gasteiger partial charge in [0.05, 0.1) is 6.67 Å². The van der Waals surface area contributed by atoms with Gasteiger partial charge in [-0.1, -0.05) is 6.92 Å². The molecule has 0 saturated carbocycles. The largest absolute Gasteiger partial charge is 0.444 e. The van der Waals surface area contributed by atoms with Crippen LogP contribution >= 0.6 is 0 Å². The lowest BCUT2D eigenvalue weighted by molar-refractivity contribution is -0.121. The van der Waals surface area contributed by atoms with E-state index in [9.17, 15) is 14.0 Å². The lowest BCUT2D eigenvalue weighted by Crippen LogP contribution is -2.39. The molecule has 2 N–H and O–H groups in total. The Balaban J connectivity index is 3.97. The van der Waals surface area contributed by atoms with Crippen molar-refractivity contribution in [2.75, 3.05) is 13.2 Å². The molecule has 2 amide bonds. The molecule has 0 radical (unpaired) electrons. The maximum absolute atomic E-state index is 11.9. The quantitative estimate of drug-likeness (QED) is 0.675. The highest BCUT2D eigenvalue weighted by Crippen LogP contribution is 2.08. The number of amides is 2. The van der Waals surface area contributed by atoms with E-state index in [1.807, 2.05) is 6.92 Å². The zero-order valence-corrected chi connectivity index (χ0v) is 12.9. The summed E-state index contributed by atoms with van der Waals surface area (Å²) in [6.07, 6.45) is 1.43. The van der Waals surface area contributed by atoms with E-state index in [1.54, 1.807) is 20.8 Å². The average molecular weight is 290 g/mol. The summed E-state index contributed by atoms with van der Waals surface area (Å²) < 4.78 is 17.0. The van der Waals surface area contributed by atoms with Gasteiger partial charge in [-0.15, -0.1) is 0 Å². The molecule has 0 aromatic carbocycles. The molecule has 0 heterocycles. The van der Waals surface area contributed by atoms with Gasteiger partial charge in [0.15, 0.2) is 0 Å². The second kappa shape index (κ2) is 9.55. The highest BCUT2D eigenvalue weighted by Gasteiger charge is 2.19. The van der Waals surface area contributed by atoms with E-state index in [0.717, 1.165) is 6.42 Å². The fraction of sp³-hybridized carbons (Fsp3) is 0.857. The first-order valence-corrected chi connectivity index (χ1v) is 7.10. The molecule has 5 nitrogen and oxygen atoms in total. The molecule has 0 bridgehead atoms. The summed E-state index contributed by atoms with van der Waals surface area (Å²) in [6, 6.07) is -0.100. The summed E-state index contributed by atoms with van der Waals surface area (Å²) in [5.41, 5.74) is -0.536. The number of alkyl halides is 1. The first-order chi connectivity index (χ1) is 9.28. The number of carbonyl (C=O) groups excluding carboxylic acids is 2. The molecule has 0 aliphatic rings. The molecule has 20 heavy (non-hydrogen) atoms. The highest BCUT2D eigenvalue weighted by molar-refractivity contribution is 5.76. The zero-order chi connectivity index (χ0) is 15.6. The van der Waals surface area contributed by atoms with Crippen molar-refractivity contribution in [1.29, 1.82) is 0 Å². The normalized spacial score (nSPS) is 12.7. The van der Waals surface area contributed by atoms with Crippen LogP contribution in [0.4, 0.5) is 9.18 Å². The Kier molecular flexibility index (Phi) is 8.92. The third-order valence-electron chi connectivity index (χ3n) is 2.57. The second-order valence-electron chi connectivity index (χ2n) is 5.68.